The van der Waals surface area contributed by atoms with Crippen LogP contribution < -0.4 is 0 Å². The highest BCUT2D eigenvalue weighted by atomic mass is 16.4. The highest BCUT2D eigenvalue weighted by Gasteiger charge is 2.67. The number of carboxylic acids is 3. The van der Waals surface area contributed by atoms with E-state index in [1.54, 1.807) is 6.92 Å². The van der Waals surface area contributed by atoms with Crippen molar-refractivity contribution in [2.24, 2.45) is 11.3 Å². The molecule has 0 aromatic heterocycles. The van der Waals surface area contributed by atoms with Crippen molar-refractivity contribution < 1.29 is 29.7 Å². The minimum atomic E-state index is -1.30. The Bertz CT molecular complexity index is 811. The summed E-state index contributed by atoms with van der Waals surface area (Å²) >= 11 is 0. The number of hydrogen-bond acceptors (Lipinski definition) is 3. The summed E-state index contributed by atoms with van der Waals surface area (Å²) in [6, 6.07) is 1.83. The van der Waals surface area contributed by atoms with Gasteiger partial charge in [0, 0.05) is 0 Å². The molecular formula is C19H22O6. The first-order valence-electron chi connectivity index (χ1n) is 8.36. The predicted octanol–water partition coefficient (Wildman–Crippen LogP) is 2.91. The zero-order valence-corrected chi connectivity index (χ0v) is 14.5. The zero-order valence-electron chi connectivity index (χ0n) is 14.5. The molecule has 0 amide bonds. The van der Waals surface area contributed by atoms with Gasteiger partial charge in [-0.15, -0.1) is 0 Å². The molecule has 2 fully saturated rings. The number of aromatic carboxylic acids is 1. The molecule has 6 nitrogen and oxygen atoms in total. The minimum absolute atomic E-state index is 0.177. The van der Waals surface area contributed by atoms with E-state index in [9.17, 15) is 29.7 Å². The number of aliphatic carboxylic acids is 2. The Morgan fingerprint density at radius 2 is 1.68 bits per heavy atom. The number of carbonyl (C=O) groups is 3. The second-order valence-corrected chi connectivity index (χ2v) is 7.68. The maximum atomic E-state index is 11.9. The third-order valence-electron chi connectivity index (χ3n) is 6.63. The molecule has 0 spiro atoms. The lowest BCUT2D eigenvalue weighted by Gasteiger charge is -2.33. The molecule has 3 N–H and O–H groups in total. The molecule has 134 valence electrons. The van der Waals surface area contributed by atoms with Gasteiger partial charge in [0.05, 0.1) is 16.9 Å². The summed E-state index contributed by atoms with van der Waals surface area (Å²) in [6.45, 7) is 5.52. The number of fused-ring (bicyclic) bond motifs is 2. The Kier molecular flexibility index (Phi) is 3.71. The molecule has 0 aliphatic heterocycles. The first-order chi connectivity index (χ1) is 11.6. The number of aryl methyl sites for hydroxylation is 1. The highest BCUT2D eigenvalue weighted by Crippen LogP contribution is 2.65. The fourth-order valence-electron chi connectivity index (χ4n) is 5.07. The Labute approximate surface area is 145 Å². The van der Waals surface area contributed by atoms with Crippen LogP contribution in [0.5, 0.6) is 0 Å². The number of carboxylic acid groups (broad SMARTS) is 3. The Balaban J connectivity index is 2.23. The van der Waals surface area contributed by atoms with E-state index in [1.165, 1.54) is 0 Å². The van der Waals surface area contributed by atoms with Crippen LogP contribution in [-0.4, -0.2) is 33.2 Å². The van der Waals surface area contributed by atoms with Crippen LogP contribution in [0.3, 0.4) is 0 Å². The van der Waals surface area contributed by atoms with Crippen LogP contribution >= 0.6 is 0 Å². The molecule has 2 saturated carbocycles. The average molecular weight is 346 g/mol. The van der Waals surface area contributed by atoms with Gasteiger partial charge in [-0.1, -0.05) is 6.07 Å². The largest absolute Gasteiger partial charge is 0.481 e. The summed E-state index contributed by atoms with van der Waals surface area (Å²) in [5, 5.41) is 29.0. The molecule has 2 aliphatic carbocycles. The summed E-state index contributed by atoms with van der Waals surface area (Å²) < 4.78 is 0. The lowest BCUT2D eigenvalue weighted by Crippen LogP contribution is -2.38. The van der Waals surface area contributed by atoms with Crippen molar-refractivity contribution >= 4 is 17.9 Å². The van der Waals surface area contributed by atoms with Crippen LogP contribution in [0.4, 0.5) is 0 Å². The predicted molar refractivity (Wildman–Crippen MR) is 89.0 cm³/mol. The summed E-state index contributed by atoms with van der Waals surface area (Å²) in [7, 11) is 0. The van der Waals surface area contributed by atoms with E-state index in [0.717, 1.165) is 11.1 Å². The molecule has 1 aromatic carbocycles. The summed E-state index contributed by atoms with van der Waals surface area (Å²) in [5.41, 5.74) is 1.32. The molecule has 0 radical (unpaired) electrons. The van der Waals surface area contributed by atoms with Gasteiger partial charge in [-0.05, 0) is 74.1 Å². The first-order valence-corrected chi connectivity index (χ1v) is 8.36. The third kappa shape index (κ3) is 2.19. The quantitative estimate of drug-likeness (QED) is 0.773. The van der Waals surface area contributed by atoms with Crippen LogP contribution in [-0.2, 0) is 15.0 Å². The maximum absolute atomic E-state index is 11.9. The maximum Gasteiger partial charge on any atom is 0.336 e. The van der Waals surface area contributed by atoms with Crippen molar-refractivity contribution in [3.8, 4) is 0 Å². The van der Waals surface area contributed by atoms with Crippen LogP contribution in [0.2, 0.25) is 0 Å². The smallest absolute Gasteiger partial charge is 0.336 e. The molecule has 3 rings (SSSR count). The molecule has 3 atom stereocenters. The van der Waals surface area contributed by atoms with E-state index in [-0.39, 0.29) is 24.8 Å². The molecule has 25 heavy (non-hydrogen) atoms. The van der Waals surface area contributed by atoms with Gasteiger partial charge in [-0.2, -0.15) is 0 Å². The molecule has 2 bridgehead atoms. The lowest BCUT2D eigenvalue weighted by molar-refractivity contribution is -0.161. The van der Waals surface area contributed by atoms with Gasteiger partial charge in [0.25, 0.3) is 0 Å². The Morgan fingerprint density at radius 3 is 2.16 bits per heavy atom. The minimum Gasteiger partial charge on any atom is -0.481 e. The zero-order chi connectivity index (χ0) is 18.7. The van der Waals surface area contributed by atoms with E-state index < -0.39 is 34.7 Å². The fourth-order valence-corrected chi connectivity index (χ4v) is 5.07. The topological polar surface area (TPSA) is 112 Å². The molecule has 1 aromatic rings. The summed E-state index contributed by atoms with van der Waals surface area (Å²) in [6.07, 6.45) is 1.14. The van der Waals surface area contributed by atoms with Gasteiger partial charge in [-0.25, -0.2) is 4.79 Å². The van der Waals surface area contributed by atoms with Crippen molar-refractivity contribution in [1.29, 1.82) is 0 Å². The van der Waals surface area contributed by atoms with E-state index in [2.05, 4.69) is 0 Å². The monoisotopic (exact) mass is 346 g/mol. The van der Waals surface area contributed by atoms with Gasteiger partial charge in [0.1, 0.15) is 0 Å². The fraction of sp³-hybridized carbons (Fsp3) is 0.526. The van der Waals surface area contributed by atoms with Crippen LogP contribution in [0.15, 0.2) is 6.07 Å². The lowest BCUT2D eigenvalue weighted by atomic mass is 9.70. The molecule has 2 aliphatic rings. The van der Waals surface area contributed by atoms with Crippen molar-refractivity contribution in [3.63, 3.8) is 0 Å². The van der Waals surface area contributed by atoms with Gasteiger partial charge in [0.15, 0.2) is 0 Å². The SMILES string of the molecule is Cc1cc(C23CCC(C(=O)O)(C2)C(C(=O)O)C3)c(C(=O)O)c(C)c1C. The Morgan fingerprint density at radius 1 is 1.04 bits per heavy atom. The second kappa shape index (κ2) is 5.31. The third-order valence-corrected chi connectivity index (χ3v) is 6.63. The van der Waals surface area contributed by atoms with Gasteiger partial charge in [-0.3, -0.25) is 9.59 Å². The summed E-state index contributed by atoms with van der Waals surface area (Å²) in [5.74, 6) is -4.23. The van der Waals surface area contributed by atoms with Gasteiger partial charge < -0.3 is 15.3 Å². The van der Waals surface area contributed by atoms with E-state index in [0.29, 0.717) is 17.5 Å². The average Bonchev–Trinajstić information content (AvgIpc) is 3.08. The number of benzene rings is 1. The van der Waals surface area contributed by atoms with Crippen molar-refractivity contribution in [3.05, 3.63) is 33.9 Å². The normalized spacial score (nSPS) is 30.4. The second-order valence-electron chi connectivity index (χ2n) is 7.68. The van der Waals surface area contributed by atoms with E-state index in [4.69, 9.17) is 0 Å². The standard InChI is InChI=1S/C19H22O6/c1-9-6-12(14(16(22)23)11(3)10(9)2)18-4-5-19(8-18,17(24)25)13(7-18)15(20)21/h6,13H,4-5,7-8H2,1-3H3,(H,20,21)(H,22,23)(H,24,25). The van der Waals surface area contributed by atoms with Crippen LogP contribution in [0.25, 0.3) is 0 Å². The van der Waals surface area contributed by atoms with Crippen LogP contribution in [0, 0.1) is 32.1 Å². The molecule has 0 heterocycles. The van der Waals surface area contributed by atoms with E-state index >= 15 is 0 Å². The van der Waals surface area contributed by atoms with Gasteiger partial charge in [0.2, 0.25) is 0 Å². The van der Waals surface area contributed by atoms with Crippen molar-refractivity contribution in [2.45, 2.75) is 51.9 Å². The number of hydrogen-bond donors (Lipinski definition) is 3. The molecular weight excluding hydrogens is 324 g/mol. The van der Waals surface area contributed by atoms with Crippen molar-refractivity contribution in [1.82, 2.24) is 0 Å². The van der Waals surface area contributed by atoms with E-state index in [1.807, 2.05) is 19.9 Å². The first kappa shape index (κ1) is 17.5. The number of rotatable bonds is 4. The molecule has 0 saturated heterocycles. The molecule has 3 unspecified atom stereocenters. The molecule has 6 heteroatoms. The highest BCUT2D eigenvalue weighted by molar-refractivity contribution is 5.93. The summed E-state index contributed by atoms with van der Waals surface area (Å²) in [4.78, 5) is 35.5. The van der Waals surface area contributed by atoms with Gasteiger partial charge >= 0.3 is 17.9 Å². The van der Waals surface area contributed by atoms with Crippen molar-refractivity contribution in [2.75, 3.05) is 0 Å². The Hall–Kier alpha value is -2.37. The van der Waals surface area contributed by atoms with Crippen LogP contribution in [0.1, 0.15) is 58.3 Å².